The number of halogens is 2. The number of carboxylic acids is 1. The van der Waals surface area contributed by atoms with E-state index in [-0.39, 0.29) is 23.3 Å². The summed E-state index contributed by atoms with van der Waals surface area (Å²) < 4.78 is 0. The molecule has 0 aromatic carbocycles. The predicted octanol–water partition coefficient (Wildman–Crippen LogP) is 3.42. The molecule has 0 saturated heterocycles. The van der Waals surface area contributed by atoms with Crippen molar-refractivity contribution >= 4 is 29.2 Å². The summed E-state index contributed by atoms with van der Waals surface area (Å²) >= 11 is 11.4. The zero-order valence-electron chi connectivity index (χ0n) is 11.0. The molecule has 3 atom stereocenters. The van der Waals surface area contributed by atoms with Crippen LogP contribution in [0.5, 0.6) is 0 Å². The molecule has 0 radical (unpaired) electrons. The summed E-state index contributed by atoms with van der Waals surface area (Å²) in [5.74, 6) is -0.694. The van der Waals surface area contributed by atoms with E-state index >= 15 is 0 Å². The number of carbonyl (C=O) groups is 1. The molecule has 0 aromatic heterocycles. The van der Waals surface area contributed by atoms with Crippen molar-refractivity contribution in [3.63, 3.8) is 0 Å². The van der Waals surface area contributed by atoms with Crippen molar-refractivity contribution in [2.45, 2.75) is 39.7 Å². The molecular formula is C13H21Cl2NO2. The Morgan fingerprint density at radius 3 is 2.61 bits per heavy atom. The number of nitrogens with one attached hydrogen (secondary N) is 1. The third-order valence-electron chi connectivity index (χ3n) is 4.39. The lowest BCUT2D eigenvalue weighted by atomic mass is 9.61. The predicted molar refractivity (Wildman–Crippen MR) is 74.9 cm³/mol. The average Bonchev–Trinajstić information content (AvgIpc) is 2.30. The minimum absolute atomic E-state index is 0.223. The number of hydrogen-bond donors (Lipinski definition) is 2. The van der Waals surface area contributed by atoms with Gasteiger partial charge in [-0.2, -0.15) is 0 Å². The molecule has 104 valence electrons. The highest BCUT2D eigenvalue weighted by molar-refractivity contribution is 6.36. The van der Waals surface area contributed by atoms with Gasteiger partial charge in [-0.15, -0.1) is 0 Å². The van der Waals surface area contributed by atoms with E-state index in [9.17, 15) is 9.90 Å². The summed E-state index contributed by atoms with van der Waals surface area (Å²) in [7, 11) is 0. The Labute approximate surface area is 119 Å². The van der Waals surface area contributed by atoms with Crippen LogP contribution in [0.4, 0.5) is 0 Å². The van der Waals surface area contributed by atoms with E-state index in [4.69, 9.17) is 23.2 Å². The molecular weight excluding hydrogens is 273 g/mol. The number of rotatable bonds is 4. The summed E-state index contributed by atoms with van der Waals surface area (Å²) in [5, 5.41) is 13.2. The molecule has 0 amide bonds. The Balaban J connectivity index is 2.69. The molecule has 1 rings (SSSR count). The molecule has 1 aliphatic rings. The molecule has 1 saturated carbocycles. The van der Waals surface area contributed by atoms with Crippen LogP contribution in [0.25, 0.3) is 0 Å². The maximum Gasteiger partial charge on any atom is 0.307 e. The highest BCUT2D eigenvalue weighted by Crippen LogP contribution is 2.45. The smallest absolute Gasteiger partial charge is 0.307 e. The van der Waals surface area contributed by atoms with E-state index in [0.29, 0.717) is 18.0 Å². The van der Waals surface area contributed by atoms with Crippen LogP contribution in [-0.2, 0) is 4.79 Å². The second-order valence-corrected chi connectivity index (χ2v) is 6.33. The number of hydrogen-bond acceptors (Lipinski definition) is 2. The van der Waals surface area contributed by atoms with Crippen molar-refractivity contribution < 1.29 is 9.90 Å². The highest BCUT2D eigenvalue weighted by Gasteiger charge is 2.45. The van der Waals surface area contributed by atoms with Gasteiger partial charge in [-0.1, -0.05) is 44.0 Å². The van der Waals surface area contributed by atoms with Crippen LogP contribution in [0.15, 0.2) is 10.6 Å². The van der Waals surface area contributed by atoms with Gasteiger partial charge in [0.1, 0.15) is 0 Å². The van der Waals surface area contributed by atoms with E-state index in [2.05, 4.69) is 12.2 Å². The largest absolute Gasteiger partial charge is 0.481 e. The summed E-state index contributed by atoms with van der Waals surface area (Å²) in [4.78, 5) is 11.3. The van der Waals surface area contributed by atoms with Gasteiger partial charge in [-0.05, 0) is 24.2 Å². The Kier molecular flexibility index (Phi) is 5.50. The monoisotopic (exact) mass is 293 g/mol. The maximum absolute atomic E-state index is 11.3. The maximum atomic E-state index is 11.3. The molecule has 0 aliphatic heterocycles. The molecule has 3 nitrogen and oxygen atoms in total. The Hall–Kier alpha value is -0.250. The number of carboxylic acid groups (broad SMARTS) is 1. The Morgan fingerprint density at radius 2 is 2.11 bits per heavy atom. The standard InChI is InChI=1S/C13H21Cl2NO2/c1-8-11(16-7-9(15)6-14)5-4-10(12(17)18)13(8,2)3/h6,8,10-11,16H,4-5,7H2,1-3H3,(H,17,18). The van der Waals surface area contributed by atoms with Gasteiger partial charge >= 0.3 is 5.97 Å². The first-order valence-electron chi connectivity index (χ1n) is 6.21. The molecule has 0 bridgehead atoms. The first kappa shape index (κ1) is 15.8. The molecule has 2 N–H and O–H groups in total. The lowest BCUT2D eigenvalue weighted by Crippen LogP contribution is -2.51. The van der Waals surface area contributed by atoms with Crippen LogP contribution in [-0.4, -0.2) is 23.7 Å². The first-order valence-corrected chi connectivity index (χ1v) is 7.03. The SMILES string of the molecule is CC1C(NCC(Cl)=CCl)CCC(C(=O)O)C1(C)C. The fourth-order valence-corrected chi connectivity index (χ4v) is 2.95. The molecule has 0 heterocycles. The zero-order valence-corrected chi connectivity index (χ0v) is 12.6. The highest BCUT2D eigenvalue weighted by atomic mass is 35.5. The van der Waals surface area contributed by atoms with Gasteiger partial charge in [-0.25, -0.2) is 0 Å². The lowest BCUT2D eigenvalue weighted by molar-refractivity contribution is -0.150. The molecule has 5 heteroatoms. The lowest BCUT2D eigenvalue weighted by Gasteiger charge is -2.46. The first-order chi connectivity index (χ1) is 8.30. The molecule has 18 heavy (non-hydrogen) atoms. The molecule has 3 unspecified atom stereocenters. The van der Waals surface area contributed by atoms with Gasteiger partial charge in [0.15, 0.2) is 0 Å². The van der Waals surface area contributed by atoms with E-state index in [1.54, 1.807) is 0 Å². The van der Waals surface area contributed by atoms with E-state index < -0.39 is 5.97 Å². The quantitative estimate of drug-likeness (QED) is 0.835. The van der Waals surface area contributed by atoms with E-state index in [1.165, 1.54) is 5.54 Å². The van der Waals surface area contributed by atoms with Gasteiger partial charge in [0.05, 0.1) is 5.92 Å². The zero-order chi connectivity index (χ0) is 13.9. The van der Waals surface area contributed by atoms with Crippen molar-refractivity contribution in [2.75, 3.05) is 6.54 Å². The van der Waals surface area contributed by atoms with Gasteiger partial charge in [0.2, 0.25) is 0 Å². The third-order valence-corrected chi connectivity index (χ3v) is 5.01. The minimum atomic E-state index is -0.691. The van der Waals surface area contributed by atoms with Crippen molar-refractivity contribution in [2.24, 2.45) is 17.3 Å². The fourth-order valence-electron chi connectivity index (χ4n) is 2.79. The average molecular weight is 294 g/mol. The van der Waals surface area contributed by atoms with Crippen LogP contribution in [0, 0.1) is 17.3 Å². The van der Waals surface area contributed by atoms with Crippen LogP contribution in [0.2, 0.25) is 0 Å². The molecule has 0 spiro atoms. The van der Waals surface area contributed by atoms with Crippen molar-refractivity contribution in [1.82, 2.24) is 5.32 Å². The van der Waals surface area contributed by atoms with Crippen LogP contribution in [0.1, 0.15) is 33.6 Å². The van der Waals surface area contributed by atoms with Crippen molar-refractivity contribution in [3.8, 4) is 0 Å². The van der Waals surface area contributed by atoms with Crippen LogP contribution >= 0.6 is 23.2 Å². The fraction of sp³-hybridized carbons (Fsp3) is 0.769. The van der Waals surface area contributed by atoms with Crippen LogP contribution in [0.3, 0.4) is 0 Å². The second-order valence-electron chi connectivity index (χ2n) is 5.62. The molecule has 1 fully saturated rings. The second kappa shape index (κ2) is 6.27. The minimum Gasteiger partial charge on any atom is -0.481 e. The summed E-state index contributed by atoms with van der Waals surface area (Å²) in [6.07, 6.45) is 1.56. The molecule has 0 aromatic rings. The van der Waals surface area contributed by atoms with Gasteiger partial charge in [0, 0.05) is 23.2 Å². The van der Waals surface area contributed by atoms with E-state index in [1.807, 2.05) is 13.8 Å². The van der Waals surface area contributed by atoms with Gasteiger partial charge < -0.3 is 10.4 Å². The number of aliphatic carboxylic acids is 1. The topological polar surface area (TPSA) is 49.3 Å². The molecule has 1 aliphatic carbocycles. The van der Waals surface area contributed by atoms with E-state index in [0.717, 1.165) is 6.42 Å². The van der Waals surface area contributed by atoms with Gasteiger partial charge in [-0.3, -0.25) is 4.79 Å². The Morgan fingerprint density at radius 1 is 1.50 bits per heavy atom. The Bertz CT molecular complexity index is 342. The third kappa shape index (κ3) is 3.40. The van der Waals surface area contributed by atoms with Gasteiger partial charge in [0.25, 0.3) is 0 Å². The normalized spacial score (nSPS) is 32.3. The van der Waals surface area contributed by atoms with Crippen molar-refractivity contribution in [3.05, 3.63) is 10.6 Å². The van der Waals surface area contributed by atoms with Crippen molar-refractivity contribution in [1.29, 1.82) is 0 Å². The van der Waals surface area contributed by atoms with Crippen LogP contribution < -0.4 is 5.32 Å². The summed E-state index contributed by atoms with van der Waals surface area (Å²) in [6, 6.07) is 0.279. The summed E-state index contributed by atoms with van der Waals surface area (Å²) in [5.41, 5.74) is 1.13. The summed E-state index contributed by atoms with van der Waals surface area (Å²) in [6.45, 7) is 6.70.